The second-order valence-corrected chi connectivity index (χ2v) is 4.97. The Morgan fingerprint density at radius 1 is 1.50 bits per heavy atom. The summed E-state index contributed by atoms with van der Waals surface area (Å²) in [6.45, 7) is 0. The molecule has 0 radical (unpaired) electrons. The first kappa shape index (κ1) is 16.8. The Hall–Kier alpha value is -1.28. The number of hydrogen-bond donors (Lipinski definition) is 2. The van der Waals surface area contributed by atoms with E-state index < -0.39 is 23.8 Å². The Morgan fingerprint density at radius 3 is 2.55 bits per heavy atom. The molecule has 0 aromatic heterocycles. The highest BCUT2D eigenvalue weighted by Gasteiger charge is 2.33. The molecule has 0 spiro atoms. The maximum absolute atomic E-state index is 12.8. The van der Waals surface area contributed by atoms with Crippen molar-refractivity contribution in [1.29, 1.82) is 0 Å². The van der Waals surface area contributed by atoms with Crippen LogP contribution in [0.2, 0.25) is 0 Å². The third-order valence-corrected chi connectivity index (χ3v) is 3.26. The van der Waals surface area contributed by atoms with Gasteiger partial charge in [-0.1, -0.05) is 0 Å². The Labute approximate surface area is 121 Å². The van der Waals surface area contributed by atoms with Gasteiger partial charge in [0.25, 0.3) is 0 Å². The van der Waals surface area contributed by atoms with Crippen LogP contribution in [0.5, 0.6) is 5.75 Å². The number of nitrogens with two attached hydrogens (primary N) is 1. The molecule has 1 rings (SSSR count). The fraction of sp³-hybridized carbons (Fsp3) is 0.417. The van der Waals surface area contributed by atoms with E-state index in [1.165, 1.54) is 7.11 Å². The third kappa shape index (κ3) is 4.11. The predicted octanol–water partition coefficient (Wildman–Crippen LogP) is 3.34. The van der Waals surface area contributed by atoms with Gasteiger partial charge >= 0.3 is 12.1 Å². The van der Waals surface area contributed by atoms with Gasteiger partial charge < -0.3 is 15.6 Å². The van der Waals surface area contributed by atoms with E-state index in [0.29, 0.717) is 0 Å². The Morgan fingerprint density at radius 2 is 2.10 bits per heavy atom. The van der Waals surface area contributed by atoms with Gasteiger partial charge in [-0.25, -0.2) is 0 Å². The van der Waals surface area contributed by atoms with Crippen LogP contribution in [-0.4, -0.2) is 18.2 Å². The number of hydrogen-bond acceptors (Lipinski definition) is 3. The summed E-state index contributed by atoms with van der Waals surface area (Å²) < 4.78 is 43.4. The van der Waals surface area contributed by atoms with E-state index in [1.807, 2.05) is 0 Å². The first-order valence-corrected chi connectivity index (χ1v) is 6.38. The van der Waals surface area contributed by atoms with Crippen molar-refractivity contribution in [2.45, 2.75) is 25.1 Å². The van der Waals surface area contributed by atoms with Crippen molar-refractivity contribution in [1.82, 2.24) is 0 Å². The molecule has 1 unspecified atom stereocenters. The van der Waals surface area contributed by atoms with E-state index in [4.69, 9.17) is 15.6 Å². The quantitative estimate of drug-likeness (QED) is 0.849. The smallest absolute Gasteiger partial charge is 0.416 e. The van der Waals surface area contributed by atoms with Crippen LogP contribution in [0.3, 0.4) is 0 Å². The van der Waals surface area contributed by atoms with Gasteiger partial charge in [0, 0.05) is 18.0 Å². The highest BCUT2D eigenvalue weighted by Crippen LogP contribution is 2.40. The molecule has 1 aromatic rings. The SMILES string of the molecule is COc1c(Br)cc(C(F)(F)F)cc1C(N)CCC(=O)O. The van der Waals surface area contributed by atoms with E-state index in [9.17, 15) is 18.0 Å². The lowest BCUT2D eigenvalue weighted by molar-refractivity contribution is -0.138. The molecule has 0 heterocycles. The number of carboxylic acids is 1. The van der Waals surface area contributed by atoms with Crippen molar-refractivity contribution in [3.8, 4) is 5.75 Å². The predicted molar refractivity (Wildman–Crippen MR) is 69.5 cm³/mol. The van der Waals surface area contributed by atoms with E-state index in [1.54, 1.807) is 0 Å². The zero-order chi connectivity index (χ0) is 15.5. The molecule has 0 aliphatic heterocycles. The number of halogens is 4. The molecule has 3 N–H and O–H groups in total. The van der Waals surface area contributed by atoms with Crippen molar-refractivity contribution < 1.29 is 27.8 Å². The van der Waals surface area contributed by atoms with Gasteiger partial charge in [0.05, 0.1) is 17.1 Å². The second-order valence-electron chi connectivity index (χ2n) is 4.12. The molecule has 4 nitrogen and oxygen atoms in total. The number of carbonyl (C=O) groups is 1. The van der Waals surface area contributed by atoms with Crippen LogP contribution in [0.25, 0.3) is 0 Å². The van der Waals surface area contributed by atoms with Gasteiger partial charge in [-0.15, -0.1) is 0 Å². The highest BCUT2D eigenvalue weighted by molar-refractivity contribution is 9.10. The maximum atomic E-state index is 12.8. The lowest BCUT2D eigenvalue weighted by atomic mass is 9.99. The summed E-state index contributed by atoms with van der Waals surface area (Å²) in [6.07, 6.45) is -4.74. The monoisotopic (exact) mass is 355 g/mol. The molecule has 0 saturated carbocycles. The highest BCUT2D eigenvalue weighted by atomic mass is 79.9. The number of methoxy groups -OCH3 is 1. The average Bonchev–Trinajstić information content (AvgIpc) is 2.33. The summed E-state index contributed by atoms with van der Waals surface area (Å²) >= 11 is 3.00. The molecular formula is C12H13BrF3NO3. The summed E-state index contributed by atoms with van der Waals surface area (Å²) in [5.74, 6) is -0.888. The normalized spacial score (nSPS) is 13.1. The fourth-order valence-corrected chi connectivity index (χ4v) is 2.34. The molecule has 8 heteroatoms. The van der Waals surface area contributed by atoms with Crippen LogP contribution in [0.15, 0.2) is 16.6 Å². The first-order chi connectivity index (χ1) is 9.16. The molecular weight excluding hydrogens is 343 g/mol. The van der Waals surface area contributed by atoms with Crippen LogP contribution in [-0.2, 0) is 11.0 Å². The number of benzene rings is 1. The molecule has 0 aliphatic carbocycles. The van der Waals surface area contributed by atoms with Gasteiger partial charge in [-0.2, -0.15) is 13.2 Å². The largest absolute Gasteiger partial charge is 0.495 e. The number of aliphatic carboxylic acids is 1. The van der Waals surface area contributed by atoms with Crippen LogP contribution < -0.4 is 10.5 Å². The molecule has 0 aliphatic rings. The van der Waals surface area contributed by atoms with Crippen molar-refractivity contribution in [2.75, 3.05) is 7.11 Å². The van der Waals surface area contributed by atoms with Gasteiger partial charge in [-0.05, 0) is 34.5 Å². The summed E-state index contributed by atoms with van der Waals surface area (Å²) in [4.78, 5) is 10.5. The minimum absolute atomic E-state index is 0.0133. The minimum atomic E-state index is -4.52. The van der Waals surface area contributed by atoms with Crippen molar-refractivity contribution >= 4 is 21.9 Å². The van der Waals surface area contributed by atoms with E-state index in [2.05, 4.69) is 15.9 Å². The Balaban J connectivity index is 3.21. The summed E-state index contributed by atoms with van der Waals surface area (Å²) in [7, 11) is 1.31. The van der Waals surface area contributed by atoms with Gasteiger partial charge in [0.1, 0.15) is 5.75 Å². The van der Waals surface area contributed by atoms with E-state index in [0.717, 1.165) is 12.1 Å². The number of rotatable bonds is 5. The average molecular weight is 356 g/mol. The van der Waals surface area contributed by atoms with E-state index in [-0.39, 0.29) is 28.6 Å². The van der Waals surface area contributed by atoms with Crippen LogP contribution in [0.1, 0.15) is 30.0 Å². The zero-order valence-corrected chi connectivity index (χ0v) is 12.1. The van der Waals surface area contributed by atoms with Crippen LogP contribution in [0, 0.1) is 0 Å². The molecule has 0 amide bonds. The lowest BCUT2D eigenvalue weighted by Gasteiger charge is -2.19. The van der Waals surface area contributed by atoms with Crippen LogP contribution >= 0.6 is 15.9 Å². The molecule has 0 bridgehead atoms. The van der Waals surface area contributed by atoms with Gasteiger partial charge in [0.2, 0.25) is 0 Å². The fourth-order valence-electron chi connectivity index (χ4n) is 1.70. The minimum Gasteiger partial charge on any atom is -0.495 e. The summed E-state index contributed by atoms with van der Waals surface area (Å²) in [6, 6.07) is 0.919. The Kier molecular flexibility index (Phi) is 5.41. The Bertz CT molecular complexity index is 505. The molecule has 112 valence electrons. The third-order valence-electron chi connectivity index (χ3n) is 2.67. The molecule has 0 saturated heterocycles. The molecule has 20 heavy (non-hydrogen) atoms. The second kappa shape index (κ2) is 6.45. The number of alkyl halides is 3. The molecule has 1 atom stereocenters. The van der Waals surface area contributed by atoms with E-state index >= 15 is 0 Å². The first-order valence-electron chi connectivity index (χ1n) is 5.58. The topological polar surface area (TPSA) is 72.5 Å². The summed E-state index contributed by atoms with van der Waals surface area (Å²) in [5.41, 5.74) is 5.02. The lowest BCUT2D eigenvalue weighted by Crippen LogP contribution is -2.15. The zero-order valence-electron chi connectivity index (χ0n) is 10.5. The molecule has 0 fully saturated rings. The summed E-state index contributed by atoms with van der Waals surface area (Å²) in [5, 5.41) is 8.60. The van der Waals surface area contributed by atoms with Crippen molar-refractivity contribution in [2.24, 2.45) is 5.73 Å². The van der Waals surface area contributed by atoms with Crippen molar-refractivity contribution in [3.05, 3.63) is 27.7 Å². The van der Waals surface area contributed by atoms with Gasteiger partial charge in [-0.3, -0.25) is 4.79 Å². The van der Waals surface area contributed by atoms with Crippen molar-refractivity contribution in [3.63, 3.8) is 0 Å². The maximum Gasteiger partial charge on any atom is 0.416 e. The standard InChI is InChI=1S/C12H13BrF3NO3/c1-20-11-7(9(17)2-3-10(18)19)4-6(5-8(11)13)12(14,15)16/h4-5,9H,2-3,17H2,1H3,(H,18,19). The number of carboxylic acid groups (broad SMARTS) is 1. The van der Waals surface area contributed by atoms with Crippen LogP contribution in [0.4, 0.5) is 13.2 Å². The number of ether oxygens (including phenoxy) is 1. The van der Waals surface area contributed by atoms with Gasteiger partial charge in [0.15, 0.2) is 0 Å². The molecule has 1 aromatic carbocycles.